The summed E-state index contributed by atoms with van der Waals surface area (Å²) in [4.78, 5) is 0. The van der Waals surface area contributed by atoms with Crippen molar-refractivity contribution in [1.82, 2.24) is 0 Å². The van der Waals surface area contributed by atoms with Crippen molar-refractivity contribution >= 4 is 76.2 Å². The Morgan fingerprint density at radius 2 is 0.811 bits per heavy atom. The number of hydrogen-bond acceptors (Lipinski definition) is 2. The number of benzene rings is 9. The Kier molecular flexibility index (Phi) is 5.60. The molecule has 0 fully saturated rings. The van der Waals surface area contributed by atoms with Crippen molar-refractivity contribution < 1.29 is 8.83 Å². The molecule has 248 valence electrons. The number of hydrogen-bond donors (Lipinski definition) is 0. The van der Waals surface area contributed by atoms with Crippen LogP contribution in [0.4, 0.5) is 0 Å². The summed E-state index contributed by atoms with van der Waals surface area (Å²) in [6.45, 7) is 4.70. The molecule has 1 aliphatic carbocycles. The van der Waals surface area contributed by atoms with E-state index in [1.807, 2.05) is 12.1 Å². The highest BCUT2D eigenvalue weighted by Gasteiger charge is 2.36. The maximum absolute atomic E-state index is 6.40. The standard InChI is InChI=1S/C51H32O2/c1-51(2)44-15-7-5-13-38(44)50-32(14-9-16-45(50)51)31-19-22-36-35-21-18-29(24-39(35)33-10-3-4-11-34(33)40(36)26-31)30-20-23-47-41(25-30)43-28-48-42(27-49(43)53-47)37-12-6-8-17-46(37)52-48/h3-28H,1-2H3. The molecule has 0 N–H and O–H groups in total. The average Bonchev–Trinajstić information content (AvgIpc) is 3.83. The van der Waals surface area contributed by atoms with Gasteiger partial charge in [-0.2, -0.15) is 0 Å². The van der Waals surface area contributed by atoms with Gasteiger partial charge >= 0.3 is 0 Å². The van der Waals surface area contributed by atoms with Gasteiger partial charge in [0.05, 0.1) is 0 Å². The van der Waals surface area contributed by atoms with E-state index in [0.717, 1.165) is 49.4 Å². The average molecular weight is 677 g/mol. The van der Waals surface area contributed by atoms with Crippen molar-refractivity contribution in [1.29, 1.82) is 0 Å². The maximum Gasteiger partial charge on any atom is 0.136 e. The van der Waals surface area contributed by atoms with Crippen LogP contribution in [-0.4, -0.2) is 0 Å². The summed E-state index contributed by atoms with van der Waals surface area (Å²) in [5, 5.41) is 12.0. The summed E-state index contributed by atoms with van der Waals surface area (Å²) in [6.07, 6.45) is 0. The van der Waals surface area contributed by atoms with Crippen LogP contribution in [0.15, 0.2) is 167 Å². The van der Waals surface area contributed by atoms with Crippen molar-refractivity contribution in [2.24, 2.45) is 0 Å². The molecular formula is C51H32O2. The van der Waals surface area contributed by atoms with Crippen LogP contribution < -0.4 is 0 Å². The lowest BCUT2D eigenvalue weighted by Gasteiger charge is -2.21. The predicted molar refractivity (Wildman–Crippen MR) is 222 cm³/mol. The van der Waals surface area contributed by atoms with Crippen molar-refractivity contribution in [3.05, 3.63) is 169 Å². The van der Waals surface area contributed by atoms with Crippen LogP contribution >= 0.6 is 0 Å². The van der Waals surface area contributed by atoms with Crippen molar-refractivity contribution in [2.45, 2.75) is 19.3 Å². The summed E-state index contributed by atoms with van der Waals surface area (Å²) >= 11 is 0. The molecule has 0 saturated heterocycles. The summed E-state index contributed by atoms with van der Waals surface area (Å²) in [6, 6.07) is 57.7. The molecule has 9 aromatic carbocycles. The van der Waals surface area contributed by atoms with Crippen LogP contribution in [0.3, 0.4) is 0 Å². The number of rotatable bonds is 2. The fraction of sp³-hybridized carbons (Fsp3) is 0.0588. The van der Waals surface area contributed by atoms with Gasteiger partial charge in [-0.25, -0.2) is 0 Å². The number of furan rings is 2. The molecule has 0 bridgehead atoms. The number of fused-ring (bicyclic) bond motifs is 15. The first-order valence-electron chi connectivity index (χ1n) is 18.4. The van der Waals surface area contributed by atoms with E-state index >= 15 is 0 Å². The second-order valence-corrected chi connectivity index (χ2v) is 15.2. The molecule has 0 radical (unpaired) electrons. The molecule has 2 heteroatoms. The summed E-state index contributed by atoms with van der Waals surface area (Å²) in [5.41, 5.74) is 13.9. The third-order valence-corrected chi connectivity index (χ3v) is 12.1. The molecule has 2 aromatic heterocycles. The van der Waals surface area contributed by atoms with Gasteiger partial charge in [-0.05, 0) is 119 Å². The minimum Gasteiger partial charge on any atom is -0.456 e. The highest BCUT2D eigenvalue weighted by molar-refractivity contribution is 6.26. The van der Waals surface area contributed by atoms with Gasteiger partial charge in [-0.1, -0.05) is 129 Å². The summed E-state index contributed by atoms with van der Waals surface area (Å²) in [5.74, 6) is 0. The summed E-state index contributed by atoms with van der Waals surface area (Å²) in [7, 11) is 0. The molecule has 11 aromatic rings. The highest BCUT2D eigenvalue weighted by Crippen LogP contribution is 2.52. The van der Waals surface area contributed by atoms with E-state index in [4.69, 9.17) is 8.83 Å². The first-order valence-corrected chi connectivity index (χ1v) is 18.4. The van der Waals surface area contributed by atoms with Crippen molar-refractivity contribution in [3.63, 3.8) is 0 Å². The molecule has 0 saturated carbocycles. The Morgan fingerprint density at radius 3 is 1.57 bits per heavy atom. The number of para-hydroxylation sites is 1. The highest BCUT2D eigenvalue weighted by atomic mass is 16.3. The van der Waals surface area contributed by atoms with Gasteiger partial charge in [0, 0.05) is 27.0 Å². The predicted octanol–water partition coefficient (Wildman–Crippen LogP) is 14.6. The van der Waals surface area contributed by atoms with E-state index in [1.165, 1.54) is 71.3 Å². The van der Waals surface area contributed by atoms with E-state index < -0.39 is 0 Å². The maximum atomic E-state index is 6.40. The third-order valence-electron chi connectivity index (χ3n) is 12.1. The zero-order valence-electron chi connectivity index (χ0n) is 29.3. The van der Waals surface area contributed by atoms with Crippen LogP contribution in [-0.2, 0) is 5.41 Å². The van der Waals surface area contributed by atoms with Gasteiger partial charge in [-0.3, -0.25) is 0 Å². The monoisotopic (exact) mass is 676 g/mol. The molecule has 2 heterocycles. The lowest BCUT2D eigenvalue weighted by molar-refractivity contribution is 0.660. The third kappa shape index (κ3) is 3.93. The fourth-order valence-electron chi connectivity index (χ4n) is 9.47. The molecule has 0 spiro atoms. The van der Waals surface area contributed by atoms with Crippen LogP contribution in [0.2, 0.25) is 0 Å². The Bertz CT molecular complexity index is 3350. The molecule has 1 aliphatic rings. The normalized spacial score (nSPS) is 13.6. The molecule has 0 atom stereocenters. The van der Waals surface area contributed by atoms with Gasteiger partial charge in [0.1, 0.15) is 22.3 Å². The molecule has 2 nitrogen and oxygen atoms in total. The quantitative estimate of drug-likeness (QED) is 0.170. The zero-order chi connectivity index (χ0) is 35.0. The van der Waals surface area contributed by atoms with E-state index in [-0.39, 0.29) is 5.41 Å². The largest absolute Gasteiger partial charge is 0.456 e. The Balaban J connectivity index is 1.03. The second-order valence-electron chi connectivity index (χ2n) is 15.2. The zero-order valence-corrected chi connectivity index (χ0v) is 29.3. The minimum absolute atomic E-state index is 0.0321. The lowest BCUT2D eigenvalue weighted by atomic mass is 9.82. The van der Waals surface area contributed by atoms with E-state index in [9.17, 15) is 0 Å². The second kappa shape index (κ2) is 10.2. The first-order chi connectivity index (χ1) is 26.0. The van der Waals surface area contributed by atoms with Crippen molar-refractivity contribution in [2.75, 3.05) is 0 Å². The topological polar surface area (TPSA) is 26.3 Å². The fourth-order valence-corrected chi connectivity index (χ4v) is 9.47. The molecule has 0 aliphatic heterocycles. The van der Waals surface area contributed by atoms with Crippen LogP contribution in [0, 0.1) is 0 Å². The van der Waals surface area contributed by atoms with E-state index in [2.05, 4.69) is 159 Å². The molecule has 53 heavy (non-hydrogen) atoms. The molecule has 0 amide bonds. The Hall–Kier alpha value is -6.64. The van der Waals surface area contributed by atoms with E-state index in [1.54, 1.807) is 0 Å². The Labute approximate surface area is 305 Å². The first kappa shape index (κ1) is 29.0. The smallest absolute Gasteiger partial charge is 0.136 e. The van der Waals surface area contributed by atoms with Gasteiger partial charge in [0.2, 0.25) is 0 Å². The van der Waals surface area contributed by atoms with Gasteiger partial charge in [-0.15, -0.1) is 0 Å². The molecular weight excluding hydrogens is 645 g/mol. The summed E-state index contributed by atoms with van der Waals surface area (Å²) < 4.78 is 12.6. The van der Waals surface area contributed by atoms with Gasteiger partial charge < -0.3 is 8.83 Å². The minimum atomic E-state index is -0.0321. The lowest BCUT2D eigenvalue weighted by Crippen LogP contribution is -2.14. The Morgan fingerprint density at radius 1 is 0.321 bits per heavy atom. The van der Waals surface area contributed by atoms with Gasteiger partial charge in [0.15, 0.2) is 0 Å². The molecule has 12 rings (SSSR count). The van der Waals surface area contributed by atoms with Crippen LogP contribution in [0.1, 0.15) is 25.0 Å². The molecule has 0 unspecified atom stereocenters. The SMILES string of the molecule is CC1(C)c2ccccc2-c2c(-c3ccc4c5ccc(-c6ccc7oc8cc9c(cc8c7c6)oc6ccccc69)cc5c5ccccc5c4c3)cccc21. The van der Waals surface area contributed by atoms with E-state index in [0.29, 0.717) is 0 Å². The van der Waals surface area contributed by atoms with Crippen molar-refractivity contribution in [3.8, 4) is 33.4 Å². The van der Waals surface area contributed by atoms with Crippen LogP contribution in [0.25, 0.3) is 110 Å². The van der Waals surface area contributed by atoms with Crippen LogP contribution in [0.5, 0.6) is 0 Å². The van der Waals surface area contributed by atoms with Gasteiger partial charge in [0.25, 0.3) is 0 Å².